The maximum absolute atomic E-state index is 11.2. The predicted molar refractivity (Wildman–Crippen MR) is 70.5 cm³/mol. The summed E-state index contributed by atoms with van der Waals surface area (Å²) >= 11 is 3.26. The lowest BCUT2D eigenvalue weighted by atomic mass is 9.98. The van der Waals surface area contributed by atoms with Crippen molar-refractivity contribution in [2.75, 3.05) is 0 Å². The van der Waals surface area contributed by atoms with E-state index in [1.165, 1.54) is 6.07 Å². The third-order valence-electron chi connectivity index (χ3n) is 2.69. The zero-order valence-electron chi connectivity index (χ0n) is 9.57. The molecular formula is C13H12BrNO2. The number of halogens is 1. The maximum atomic E-state index is 11.2. The summed E-state index contributed by atoms with van der Waals surface area (Å²) in [7, 11) is 0. The summed E-state index contributed by atoms with van der Waals surface area (Å²) in [6.07, 6.45) is 0. The Morgan fingerprint density at radius 2 is 2.12 bits per heavy atom. The minimum atomic E-state index is -0.931. The Morgan fingerprint density at radius 3 is 2.71 bits per heavy atom. The largest absolute Gasteiger partial charge is 0.478 e. The zero-order valence-corrected chi connectivity index (χ0v) is 11.2. The first-order valence-electron chi connectivity index (χ1n) is 5.33. The molecule has 0 unspecified atom stereocenters. The van der Waals surface area contributed by atoms with Gasteiger partial charge in [-0.25, -0.2) is 9.78 Å². The van der Waals surface area contributed by atoms with E-state index in [0.29, 0.717) is 15.9 Å². The molecule has 0 saturated heterocycles. The number of rotatable bonds is 2. The highest BCUT2D eigenvalue weighted by atomic mass is 79.9. The lowest BCUT2D eigenvalue weighted by Gasteiger charge is -2.11. The molecule has 1 heterocycles. The Hall–Kier alpha value is -1.42. The summed E-state index contributed by atoms with van der Waals surface area (Å²) in [6, 6.07) is 7.19. The molecule has 0 radical (unpaired) electrons. The number of benzene rings is 1. The second kappa shape index (κ2) is 4.45. The first kappa shape index (κ1) is 12.0. The second-order valence-corrected chi connectivity index (χ2v) is 5.01. The van der Waals surface area contributed by atoms with Crippen LogP contribution in [0, 0.1) is 0 Å². The number of nitrogens with zero attached hydrogens (tertiary/aromatic N) is 1. The minimum Gasteiger partial charge on any atom is -0.478 e. The molecule has 0 saturated carbocycles. The van der Waals surface area contributed by atoms with E-state index < -0.39 is 5.97 Å². The van der Waals surface area contributed by atoms with Crippen LogP contribution in [-0.2, 0) is 0 Å². The van der Waals surface area contributed by atoms with E-state index in [-0.39, 0.29) is 5.56 Å². The van der Waals surface area contributed by atoms with Crippen LogP contribution in [0.3, 0.4) is 0 Å². The van der Waals surface area contributed by atoms with Gasteiger partial charge in [0.05, 0.1) is 11.1 Å². The molecule has 1 N–H and O–H groups in total. The van der Waals surface area contributed by atoms with Gasteiger partial charge < -0.3 is 5.11 Å². The van der Waals surface area contributed by atoms with Gasteiger partial charge in [-0.2, -0.15) is 0 Å². The van der Waals surface area contributed by atoms with Gasteiger partial charge in [0.1, 0.15) is 4.60 Å². The maximum Gasteiger partial charge on any atom is 0.336 e. The highest BCUT2D eigenvalue weighted by Crippen LogP contribution is 2.28. The normalized spacial score (nSPS) is 11.1. The van der Waals surface area contributed by atoms with Crippen molar-refractivity contribution < 1.29 is 9.90 Å². The number of hydrogen-bond acceptors (Lipinski definition) is 2. The average molecular weight is 294 g/mol. The number of aromatic nitrogens is 1. The number of carboxylic acid groups (broad SMARTS) is 1. The third-order valence-corrected chi connectivity index (χ3v) is 3.10. The third kappa shape index (κ3) is 2.17. The Labute approximate surface area is 108 Å². The van der Waals surface area contributed by atoms with Gasteiger partial charge in [-0.3, -0.25) is 0 Å². The Bertz CT molecular complexity index is 593. The molecule has 2 rings (SSSR count). The van der Waals surface area contributed by atoms with Crippen LogP contribution in [0.2, 0.25) is 0 Å². The molecule has 0 aliphatic heterocycles. The molecule has 17 heavy (non-hydrogen) atoms. The zero-order chi connectivity index (χ0) is 12.6. The van der Waals surface area contributed by atoms with Crippen LogP contribution in [-0.4, -0.2) is 16.1 Å². The monoisotopic (exact) mass is 293 g/mol. The van der Waals surface area contributed by atoms with Crippen molar-refractivity contribution in [2.45, 2.75) is 19.8 Å². The van der Waals surface area contributed by atoms with Crippen molar-refractivity contribution in [2.24, 2.45) is 0 Å². The number of carbonyl (C=O) groups is 1. The standard InChI is InChI=1S/C13H12BrNO2/c1-7(2)8-4-3-5-9-10(13(16)17)6-11(14)15-12(8)9/h3-7H,1-2H3,(H,16,17). The summed E-state index contributed by atoms with van der Waals surface area (Å²) in [6.45, 7) is 4.13. The molecule has 0 amide bonds. The fraction of sp³-hybridized carbons (Fsp3) is 0.231. The van der Waals surface area contributed by atoms with Gasteiger partial charge >= 0.3 is 5.97 Å². The lowest BCUT2D eigenvalue weighted by Crippen LogP contribution is -2.01. The van der Waals surface area contributed by atoms with Crippen molar-refractivity contribution in [1.82, 2.24) is 4.98 Å². The fourth-order valence-electron chi connectivity index (χ4n) is 1.88. The van der Waals surface area contributed by atoms with Crippen molar-refractivity contribution in [3.8, 4) is 0 Å². The van der Waals surface area contributed by atoms with E-state index in [9.17, 15) is 9.90 Å². The molecule has 0 atom stereocenters. The van der Waals surface area contributed by atoms with E-state index >= 15 is 0 Å². The SMILES string of the molecule is CC(C)c1cccc2c(C(=O)O)cc(Br)nc12. The lowest BCUT2D eigenvalue weighted by molar-refractivity contribution is 0.0699. The van der Waals surface area contributed by atoms with E-state index in [4.69, 9.17) is 0 Å². The molecule has 88 valence electrons. The summed E-state index contributed by atoms with van der Waals surface area (Å²) in [5.74, 6) is -0.624. The summed E-state index contributed by atoms with van der Waals surface area (Å²) < 4.78 is 0.551. The van der Waals surface area contributed by atoms with Gasteiger partial charge in [0.2, 0.25) is 0 Å². The van der Waals surface area contributed by atoms with Gasteiger partial charge in [0.15, 0.2) is 0 Å². The van der Waals surface area contributed by atoms with Crippen molar-refractivity contribution >= 4 is 32.8 Å². The molecule has 0 bridgehead atoms. The predicted octanol–water partition coefficient (Wildman–Crippen LogP) is 3.82. The Morgan fingerprint density at radius 1 is 1.41 bits per heavy atom. The minimum absolute atomic E-state index is 0.282. The Kier molecular flexibility index (Phi) is 3.15. The number of carboxylic acids is 1. The van der Waals surface area contributed by atoms with Crippen molar-refractivity contribution in [3.05, 3.63) is 40.0 Å². The van der Waals surface area contributed by atoms with E-state index in [1.54, 1.807) is 6.07 Å². The second-order valence-electron chi connectivity index (χ2n) is 4.20. The smallest absolute Gasteiger partial charge is 0.336 e. The number of aromatic carboxylic acids is 1. The quantitative estimate of drug-likeness (QED) is 0.857. The first-order valence-corrected chi connectivity index (χ1v) is 6.12. The van der Waals surface area contributed by atoms with Gasteiger partial charge in [-0.05, 0) is 33.5 Å². The molecule has 4 heteroatoms. The van der Waals surface area contributed by atoms with Crippen LogP contribution in [0.25, 0.3) is 10.9 Å². The number of fused-ring (bicyclic) bond motifs is 1. The molecule has 0 aliphatic carbocycles. The van der Waals surface area contributed by atoms with Crippen molar-refractivity contribution in [1.29, 1.82) is 0 Å². The highest BCUT2D eigenvalue weighted by Gasteiger charge is 2.14. The van der Waals surface area contributed by atoms with Gasteiger partial charge in [0, 0.05) is 5.39 Å². The van der Waals surface area contributed by atoms with Gasteiger partial charge in [-0.15, -0.1) is 0 Å². The summed E-state index contributed by atoms with van der Waals surface area (Å²) in [5, 5.41) is 9.88. The average Bonchev–Trinajstić information content (AvgIpc) is 2.26. The number of hydrogen-bond donors (Lipinski definition) is 1. The Balaban J connectivity index is 2.88. The van der Waals surface area contributed by atoms with Gasteiger partial charge in [-0.1, -0.05) is 32.0 Å². The molecule has 1 aromatic carbocycles. The molecule has 0 fully saturated rings. The van der Waals surface area contributed by atoms with Crippen LogP contribution in [0.5, 0.6) is 0 Å². The summed E-state index contributed by atoms with van der Waals surface area (Å²) in [5.41, 5.74) is 2.10. The van der Waals surface area contributed by atoms with Crippen molar-refractivity contribution in [3.63, 3.8) is 0 Å². The first-order chi connectivity index (χ1) is 8.00. The molecule has 3 nitrogen and oxygen atoms in total. The van der Waals surface area contributed by atoms with Gasteiger partial charge in [0.25, 0.3) is 0 Å². The number of pyridine rings is 1. The van der Waals surface area contributed by atoms with Crippen LogP contribution >= 0.6 is 15.9 Å². The fourth-order valence-corrected chi connectivity index (χ4v) is 2.29. The highest BCUT2D eigenvalue weighted by molar-refractivity contribution is 9.10. The molecule has 2 aromatic rings. The van der Waals surface area contributed by atoms with E-state index in [1.807, 2.05) is 12.1 Å². The molecule has 0 spiro atoms. The van der Waals surface area contributed by atoms with E-state index in [2.05, 4.69) is 34.8 Å². The number of para-hydroxylation sites is 1. The molecule has 1 aromatic heterocycles. The van der Waals surface area contributed by atoms with Crippen LogP contribution in [0.4, 0.5) is 0 Å². The molecular weight excluding hydrogens is 282 g/mol. The van der Waals surface area contributed by atoms with E-state index in [0.717, 1.165) is 11.1 Å². The summed E-state index contributed by atoms with van der Waals surface area (Å²) in [4.78, 5) is 15.6. The molecule has 0 aliphatic rings. The van der Waals surface area contributed by atoms with Crippen LogP contribution in [0.15, 0.2) is 28.9 Å². The topological polar surface area (TPSA) is 50.2 Å². The van der Waals surface area contributed by atoms with Crippen LogP contribution < -0.4 is 0 Å². The van der Waals surface area contributed by atoms with Crippen LogP contribution in [0.1, 0.15) is 35.7 Å².